The number of amides is 1. The van der Waals surface area contributed by atoms with Crippen LogP contribution >= 0.6 is 0 Å². The van der Waals surface area contributed by atoms with Crippen molar-refractivity contribution in [1.82, 2.24) is 15.2 Å². The van der Waals surface area contributed by atoms with Gasteiger partial charge in [0.1, 0.15) is 18.2 Å². The number of para-hydroxylation sites is 1. The number of likely N-dealkylation sites (tertiary alicyclic amines) is 1. The van der Waals surface area contributed by atoms with Gasteiger partial charge in [-0.3, -0.25) is 14.7 Å². The molecular formula is C26H28FN3O2. The lowest BCUT2D eigenvalue weighted by Crippen LogP contribution is -2.24. The molecule has 0 saturated carbocycles. The first kappa shape index (κ1) is 22.0. The lowest BCUT2D eigenvalue weighted by atomic mass is 10.1. The third kappa shape index (κ3) is 5.71. The molecule has 1 unspecified atom stereocenters. The highest BCUT2D eigenvalue weighted by atomic mass is 19.1. The summed E-state index contributed by atoms with van der Waals surface area (Å²) in [4.78, 5) is 18.2. The van der Waals surface area contributed by atoms with E-state index in [1.807, 2.05) is 36.5 Å². The number of hydrogen-bond acceptors (Lipinski definition) is 4. The molecule has 1 amide bonds. The Hall–Kier alpha value is -3.25. The van der Waals surface area contributed by atoms with Crippen molar-refractivity contribution in [1.29, 1.82) is 0 Å². The largest absolute Gasteiger partial charge is 0.489 e. The Bertz CT molecular complexity index is 1050. The number of nitrogens with one attached hydrogen (secondary N) is 1. The van der Waals surface area contributed by atoms with Gasteiger partial charge in [0.05, 0.1) is 11.7 Å². The maximum absolute atomic E-state index is 13.5. The minimum absolute atomic E-state index is 0.0469. The number of pyridine rings is 1. The molecular weight excluding hydrogens is 405 g/mol. The monoisotopic (exact) mass is 433 g/mol. The van der Waals surface area contributed by atoms with Crippen molar-refractivity contribution in [2.75, 3.05) is 6.54 Å². The zero-order chi connectivity index (χ0) is 22.3. The van der Waals surface area contributed by atoms with Crippen LogP contribution in [-0.4, -0.2) is 22.3 Å². The molecule has 0 bridgehead atoms. The average molecular weight is 434 g/mol. The van der Waals surface area contributed by atoms with Crippen LogP contribution in [0.15, 0.2) is 66.9 Å². The van der Waals surface area contributed by atoms with Crippen molar-refractivity contribution in [3.05, 3.63) is 95.1 Å². The van der Waals surface area contributed by atoms with Crippen LogP contribution in [0.25, 0.3) is 0 Å². The fraction of sp³-hybridized carbons (Fsp3) is 0.308. The van der Waals surface area contributed by atoms with Gasteiger partial charge >= 0.3 is 0 Å². The Kier molecular flexibility index (Phi) is 7.12. The molecule has 1 aliphatic heterocycles. The molecule has 5 nitrogen and oxygen atoms in total. The Labute approximate surface area is 188 Å². The third-order valence-electron chi connectivity index (χ3n) is 5.72. The lowest BCUT2D eigenvalue weighted by Gasteiger charge is -2.25. The zero-order valence-corrected chi connectivity index (χ0v) is 18.3. The van der Waals surface area contributed by atoms with E-state index in [4.69, 9.17) is 4.74 Å². The van der Waals surface area contributed by atoms with Gasteiger partial charge in [-0.1, -0.05) is 36.4 Å². The van der Waals surface area contributed by atoms with E-state index in [9.17, 15) is 9.18 Å². The predicted octanol–water partition coefficient (Wildman–Crippen LogP) is 4.77. The Morgan fingerprint density at radius 3 is 2.81 bits per heavy atom. The van der Waals surface area contributed by atoms with E-state index >= 15 is 0 Å². The van der Waals surface area contributed by atoms with Crippen LogP contribution < -0.4 is 10.1 Å². The maximum Gasteiger partial charge on any atom is 0.217 e. The lowest BCUT2D eigenvalue weighted by molar-refractivity contribution is -0.119. The first-order chi connectivity index (χ1) is 15.6. The second kappa shape index (κ2) is 10.4. The molecule has 1 aromatic heterocycles. The molecule has 2 aromatic carbocycles. The molecule has 1 saturated heterocycles. The standard InChI is InChI=1S/C26H28FN3O2/c1-19(31)28-15-21-11-12-24(29-16-21)25-9-5-13-30(25)17-22-7-2-3-10-26(22)32-18-20-6-4-8-23(27)14-20/h2-4,6-8,10-12,14,16,25H,5,9,13,15,17-18H2,1H3,(H,28,31). The molecule has 32 heavy (non-hydrogen) atoms. The molecule has 1 N–H and O–H groups in total. The van der Waals surface area contributed by atoms with Crippen LogP contribution in [0.3, 0.4) is 0 Å². The van der Waals surface area contributed by atoms with Gasteiger partial charge in [0.2, 0.25) is 5.91 Å². The van der Waals surface area contributed by atoms with Crippen molar-refractivity contribution < 1.29 is 13.9 Å². The van der Waals surface area contributed by atoms with Crippen LogP contribution in [0, 0.1) is 5.82 Å². The van der Waals surface area contributed by atoms with Crippen molar-refractivity contribution in [2.24, 2.45) is 0 Å². The molecule has 0 aliphatic carbocycles. The number of halogens is 1. The van der Waals surface area contributed by atoms with Gasteiger partial charge in [0.15, 0.2) is 0 Å². The molecule has 0 spiro atoms. The summed E-state index contributed by atoms with van der Waals surface area (Å²) in [5, 5.41) is 2.80. The van der Waals surface area contributed by atoms with Gasteiger partial charge in [-0.05, 0) is 54.8 Å². The van der Waals surface area contributed by atoms with Gasteiger partial charge in [0, 0.05) is 31.8 Å². The number of benzene rings is 2. The second-order valence-corrected chi connectivity index (χ2v) is 8.16. The third-order valence-corrected chi connectivity index (χ3v) is 5.72. The minimum atomic E-state index is -0.255. The molecule has 166 valence electrons. The Morgan fingerprint density at radius 2 is 2.03 bits per heavy atom. The number of hydrogen-bond donors (Lipinski definition) is 1. The van der Waals surface area contributed by atoms with E-state index < -0.39 is 0 Å². The van der Waals surface area contributed by atoms with Crippen LogP contribution in [0.4, 0.5) is 4.39 Å². The van der Waals surface area contributed by atoms with E-state index in [0.29, 0.717) is 13.2 Å². The van der Waals surface area contributed by atoms with Crippen molar-refractivity contribution in [2.45, 2.75) is 45.5 Å². The molecule has 4 rings (SSSR count). The zero-order valence-electron chi connectivity index (χ0n) is 18.3. The van der Waals surface area contributed by atoms with E-state index in [2.05, 4.69) is 27.3 Å². The summed E-state index contributed by atoms with van der Waals surface area (Å²) in [7, 11) is 0. The highest BCUT2D eigenvalue weighted by molar-refractivity contribution is 5.72. The summed E-state index contributed by atoms with van der Waals surface area (Å²) in [5.74, 6) is 0.519. The van der Waals surface area contributed by atoms with Gasteiger partial charge < -0.3 is 10.1 Å². The number of ether oxygens (including phenoxy) is 1. The van der Waals surface area contributed by atoms with Crippen LogP contribution in [0.2, 0.25) is 0 Å². The SMILES string of the molecule is CC(=O)NCc1ccc(C2CCCN2Cc2ccccc2OCc2cccc(F)c2)nc1. The predicted molar refractivity (Wildman–Crippen MR) is 121 cm³/mol. The quantitative estimate of drug-likeness (QED) is 0.556. The first-order valence-electron chi connectivity index (χ1n) is 11.0. The van der Waals surface area contributed by atoms with Crippen molar-refractivity contribution in [3.63, 3.8) is 0 Å². The molecule has 3 aromatic rings. The molecule has 2 heterocycles. The van der Waals surface area contributed by atoms with Gasteiger partial charge in [-0.15, -0.1) is 0 Å². The van der Waals surface area contributed by atoms with Crippen LogP contribution in [-0.2, 0) is 24.5 Å². The van der Waals surface area contributed by atoms with E-state index in [1.54, 1.807) is 6.07 Å². The van der Waals surface area contributed by atoms with E-state index in [1.165, 1.54) is 19.1 Å². The number of rotatable bonds is 8. The molecule has 0 radical (unpaired) electrons. The van der Waals surface area contributed by atoms with E-state index in [0.717, 1.165) is 54.1 Å². The van der Waals surface area contributed by atoms with Gasteiger partial charge in [-0.25, -0.2) is 4.39 Å². The van der Waals surface area contributed by atoms with Crippen molar-refractivity contribution >= 4 is 5.91 Å². The summed E-state index contributed by atoms with van der Waals surface area (Å²) >= 11 is 0. The molecule has 1 fully saturated rings. The summed E-state index contributed by atoms with van der Waals surface area (Å²) in [6.45, 7) is 4.10. The first-order valence-corrected chi connectivity index (χ1v) is 11.0. The summed E-state index contributed by atoms with van der Waals surface area (Å²) in [6, 6.07) is 18.9. The Morgan fingerprint density at radius 1 is 1.16 bits per heavy atom. The number of nitrogens with zero attached hydrogens (tertiary/aromatic N) is 2. The summed E-state index contributed by atoms with van der Waals surface area (Å²) in [6.07, 6.45) is 4.02. The van der Waals surface area contributed by atoms with E-state index in [-0.39, 0.29) is 17.8 Å². The molecule has 6 heteroatoms. The number of aromatic nitrogens is 1. The van der Waals surface area contributed by atoms with Gasteiger partial charge in [0.25, 0.3) is 0 Å². The second-order valence-electron chi connectivity index (χ2n) is 8.16. The fourth-order valence-electron chi connectivity index (χ4n) is 4.10. The van der Waals surface area contributed by atoms with Crippen LogP contribution in [0.1, 0.15) is 48.2 Å². The fourth-order valence-corrected chi connectivity index (χ4v) is 4.10. The Balaban J connectivity index is 1.42. The van der Waals surface area contributed by atoms with Crippen LogP contribution in [0.5, 0.6) is 5.75 Å². The molecule has 1 aliphatic rings. The molecule has 1 atom stereocenters. The smallest absolute Gasteiger partial charge is 0.217 e. The maximum atomic E-state index is 13.5. The number of carbonyl (C=O) groups is 1. The highest BCUT2D eigenvalue weighted by Crippen LogP contribution is 2.34. The van der Waals surface area contributed by atoms with Crippen molar-refractivity contribution in [3.8, 4) is 5.75 Å². The number of carbonyl (C=O) groups excluding carboxylic acids is 1. The summed E-state index contributed by atoms with van der Waals surface area (Å²) < 4.78 is 19.5. The highest BCUT2D eigenvalue weighted by Gasteiger charge is 2.27. The average Bonchev–Trinajstić information content (AvgIpc) is 3.25. The van der Waals surface area contributed by atoms with Gasteiger partial charge in [-0.2, -0.15) is 0 Å². The topological polar surface area (TPSA) is 54.5 Å². The summed E-state index contributed by atoms with van der Waals surface area (Å²) in [5.41, 5.74) is 3.96. The minimum Gasteiger partial charge on any atom is -0.489 e. The normalized spacial score (nSPS) is 16.1.